The van der Waals surface area contributed by atoms with E-state index in [4.69, 9.17) is 4.86 Å². The highest BCUT2D eigenvalue weighted by atomic mass is 31.2. The van der Waals surface area contributed by atoms with E-state index in [0.717, 1.165) is 0 Å². The van der Waals surface area contributed by atoms with Crippen molar-refractivity contribution in [1.82, 2.24) is 4.86 Å². The van der Waals surface area contributed by atoms with Crippen molar-refractivity contribution in [3.05, 3.63) is 0 Å². The Morgan fingerprint density at radius 3 is 0.724 bits per heavy atom. The first-order chi connectivity index (χ1) is 12.1. The quantitative estimate of drug-likeness (QED) is 0.295. The van der Waals surface area contributed by atoms with Crippen LogP contribution < -0.4 is 4.86 Å². The van der Waals surface area contributed by atoms with Crippen molar-refractivity contribution in [2.24, 2.45) is 0 Å². The second kappa shape index (κ2) is 8.55. The van der Waals surface area contributed by atoms with Gasteiger partial charge in [0.25, 0.3) is 0 Å². The van der Waals surface area contributed by atoms with Gasteiger partial charge in [0.05, 0.1) is 48.3 Å². The molecule has 0 aliphatic carbocycles. The topological polar surface area (TPSA) is 12.0 Å². The lowest BCUT2D eigenvalue weighted by molar-refractivity contribution is 0.656. The van der Waals surface area contributed by atoms with Gasteiger partial charge in [-0.25, -0.2) is 0 Å². The molecule has 29 heavy (non-hydrogen) atoms. The van der Waals surface area contributed by atoms with E-state index in [1.807, 2.05) is 0 Å². The average molecular weight is 480 g/mol. The van der Waals surface area contributed by atoms with Crippen LogP contribution in [0.1, 0.15) is 83.1 Å². The molecule has 0 fully saturated rings. The minimum absolute atomic E-state index is 0.298. The van der Waals surface area contributed by atoms with Crippen LogP contribution in [-0.2, 0) is 0 Å². The van der Waals surface area contributed by atoms with Crippen LogP contribution in [0.3, 0.4) is 0 Å². The van der Waals surface area contributed by atoms with Gasteiger partial charge < -0.3 is 0 Å². The van der Waals surface area contributed by atoms with Crippen molar-refractivity contribution in [1.29, 1.82) is 0 Å². The van der Waals surface area contributed by atoms with Crippen molar-refractivity contribution in [2.75, 3.05) is 11.6 Å². The lowest BCUT2D eigenvalue weighted by Gasteiger charge is -2.56. The zero-order chi connectivity index (χ0) is 24.1. The van der Waals surface area contributed by atoms with Gasteiger partial charge in [-0.05, 0) is 83.1 Å². The van der Waals surface area contributed by atoms with E-state index >= 15 is 0 Å². The van der Waals surface area contributed by atoms with Gasteiger partial charge in [-0.3, -0.25) is 0 Å². The van der Waals surface area contributed by atoms with E-state index in [1.54, 1.807) is 0 Å². The first-order valence-corrected chi connectivity index (χ1v) is 23.0. The molecule has 1 N–H and O–H groups in total. The lowest BCUT2D eigenvalue weighted by atomic mass is 10.2. The summed E-state index contributed by atoms with van der Waals surface area (Å²) in [4.78, 5) is 4.85. The number of rotatable bonds is 6. The molecule has 0 bridgehead atoms. The highest BCUT2D eigenvalue weighted by molar-refractivity contribution is 7.93. The Balaban J connectivity index is 7.24. The molecule has 1 nitrogen and oxygen atoms in total. The van der Waals surface area contributed by atoms with E-state index in [0.29, 0.717) is 20.6 Å². The summed E-state index contributed by atoms with van der Waals surface area (Å²) in [6.07, 6.45) is 0. The molecule has 0 heterocycles. The molecule has 0 aliphatic heterocycles. The highest BCUT2D eigenvalue weighted by Gasteiger charge is 2.71. The zero-order valence-corrected chi connectivity index (χ0v) is 27.6. The van der Waals surface area contributed by atoms with Crippen LogP contribution in [-0.4, -0.2) is 48.3 Å². The maximum atomic E-state index is 4.85. The van der Waals surface area contributed by atoms with E-state index < -0.39 is 31.0 Å². The van der Waals surface area contributed by atoms with Crippen LogP contribution in [0.2, 0.25) is 39.3 Å². The summed E-state index contributed by atoms with van der Waals surface area (Å²) in [5.41, 5.74) is 0. The monoisotopic (exact) mass is 479 g/mol. The molecule has 0 atom stereocenters. The average Bonchev–Trinajstić information content (AvgIpc) is 2.27. The fraction of sp³-hybridized carbons (Fsp3) is 1.00. The second-order valence-electron chi connectivity index (χ2n) is 15.8. The normalized spacial score (nSPS) is 16.3. The molecule has 176 valence electrons. The third-order valence-corrected chi connectivity index (χ3v) is 29.6. The van der Waals surface area contributed by atoms with Gasteiger partial charge in [-0.1, -0.05) is 44.1 Å². The summed E-state index contributed by atoms with van der Waals surface area (Å²) >= 11 is 0. The smallest absolute Gasteiger partial charge is 0.0753 e. The molecule has 0 aromatic rings. The van der Waals surface area contributed by atoms with E-state index in [-0.39, 0.29) is 0 Å². The van der Waals surface area contributed by atoms with Crippen LogP contribution in [0.4, 0.5) is 0 Å². The molecule has 0 saturated carbocycles. The van der Waals surface area contributed by atoms with E-state index in [2.05, 4.69) is 122 Å². The van der Waals surface area contributed by atoms with Crippen molar-refractivity contribution in [3.63, 3.8) is 0 Å². The van der Waals surface area contributed by atoms with Crippen molar-refractivity contribution in [3.8, 4) is 0 Å². The Hall–Kier alpha value is 1.25. The van der Waals surface area contributed by atoms with Crippen LogP contribution in [0, 0.1) is 0 Å². The van der Waals surface area contributed by atoms with Crippen LogP contribution in [0.5, 0.6) is 0 Å². The molecule has 0 radical (unpaired) electrons. The SMILES string of the molecule is CC(C)(C)[P+](C[Si](C)(C)C)(N[P+](C[Si](C)(C)C)(C(C)(C)C)C(C)(C)C)C(C)(C)C. The summed E-state index contributed by atoms with van der Waals surface area (Å²) in [6, 6.07) is 0. The van der Waals surface area contributed by atoms with Crippen LogP contribution >= 0.6 is 14.8 Å². The van der Waals surface area contributed by atoms with Crippen LogP contribution in [0.15, 0.2) is 0 Å². The molecule has 0 amide bonds. The molecular weight excluding hydrogens is 420 g/mol. The largest absolute Gasteiger partial charge is 0.125 e. The molecule has 0 aromatic heterocycles. The fourth-order valence-electron chi connectivity index (χ4n) is 5.35. The lowest BCUT2D eigenvalue weighted by Crippen LogP contribution is -2.55. The second-order valence-corrected chi connectivity index (χ2v) is 38.0. The molecule has 0 rings (SSSR count). The van der Waals surface area contributed by atoms with Gasteiger partial charge in [0.2, 0.25) is 0 Å². The van der Waals surface area contributed by atoms with E-state index in [9.17, 15) is 0 Å². The Kier molecular flexibility index (Phi) is 8.92. The predicted octanol–water partition coefficient (Wildman–Crippen LogP) is 9.39. The van der Waals surface area contributed by atoms with Crippen molar-refractivity contribution < 1.29 is 0 Å². The van der Waals surface area contributed by atoms with Gasteiger partial charge in [0.1, 0.15) is 14.8 Å². The maximum absolute atomic E-state index is 4.85. The van der Waals surface area contributed by atoms with Gasteiger partial charge in [0.15, 0.2) is 0 Å². The Morgan fingerprint density at radius 1 is 0.448 bits per heavy atom. The molecule has 0 aromatic carbocycles. The first kappa shape index (κ1) is 30.3. The third-order valence-electron chi connectivity index (χ3n) is 6.35. The summed E-state index contributed by atoms with van der Waals surface area (Å²) in [5, 5.41) is 1.19. The van der Waals surface area contributed by atoms with Gasteiger partial charge >= 0.3 is 0 Å². The summed E-state index contributed by atoms with van der Waals surface area (Å²) in [5.74, 6) is 2.87. The number of hydrogen-bond acceptors (Lipinski definition) is 1. The molecule has 0 aliphatic rings. The summed E-state index contributed by atoms with van der Waals surface area (Å²) in [7, 11) is -5.55. The standard InChI is InChI=1S/C24H59NP2Si2/c1-21(2,3)26(22(4,5)6,19-28(13,14)15)25-27(23(7,8)9,24(10,11)12)20-29(16,17)18/h25H,19-20H2,1-18H3/q+2. The maximum Gasteiger partial charge on any atom is 0.125 e. The third kappa shape index (κ3) is 7.12. The molecule has 0 unspecified atom stereocenters. The van der Waals surface area contributed by atoms with Gasteiger partial charge in [0, 0.05) is 0 Å². The van der Waals surface area contributed by atoms with Crippen LogP contribution in [0.25, 0.3) is 0 Å². The van der Waals surface area contributed by atoms with Crippen molar-refractivity contribution in [2.45, 2.75) is 143 Å². The number of hydrogen-bond donors (Lipinski definition) is 1. The van der Waals surface area contributed by atoms with Crippen molar-refractivity contribution >= 4 is 31.0 Å². The molecule has 5 heteroatoms. The first-order valence-electron chi connectivity index (χ1n) is 11.7. The minimum Gasteiger partial charge on any atom is -0.0753 e. The van der Waals surface area contributed by atoms with Gasteiger partial charge in [-0.15, -0.1) is 0 Å². The molecule has 0 spiro atoms. The number of nitrogens with one attached hydrogen (secondary N) is 1. The molecule has 0 saturated heterocycles. The Bertz CT molecular complexity index is 466. The Labute approximate surface area is 190 Å². The summed E-state index contributed by atoms with van der Waals surface area (Å²) in [6.45, 7) is 46.1. The van der Waals surface area contributed by atoms with Gasteiger partial charge in [-0.2, -0.15) is 0 Å². The van der Waals surface area contributed by atoms with E-state index in [1.165, 1.54) is 11.6 Å². The highest BCUT2D eigenvalue weighted by Crippen LogP contribution is 2.86. The predicted molar refractivity (Wildman–Crippen MR) is 152 cm³/mol. The molecular formula is C24H59NP2Si2+2. The summed E-state index contributed by atoms with van der Waals surface area (Å²) < 4.78 is 0. The minimum atomic E-state index is -1.50. The fourth-order valence-corrected chi connectivity index (χ4v) is 37.3. The zero-order valence-electron chi connectivity index (χ0n) is 23.8. The Morgan fingerprint density at radius 2 is 0.621 bits per heavy atom.